The number of rotatable bonds is 4. The molecule has 0 aromatic carbocycles. The molecule has 5 heteroatoms. The predicted octanol–water partition coefficient (Wildman–Crippen LogP) is 2.16. The van der Waals surface area contributed by atoms with Crippen LogP contribution in [0.15, 0.2) is 10.7 Å². The van der Waals surface area contributed by atoms with E-state index >= 15 is 0 Å². The van der Waals surface area contributed by atoms with Gasteiger partial charge in [-0.25, -0.2) is 9.97 Å². The Labute approximate surface area is 98.3 Å². The summed E-state index contributed by atoms with van der Waals surface area (Å²) in [5.74, 6) is 1.81. The highest BCUT2D eigenvalue weighted by Crippen LogP contribution is 2.17. The molecule has 15 heavy (non-hydrogen) atoms. The van der Waals surface area contributed by atoms with Crippen LogP contribution in [0.2, 0.25) is 0 Å². The third-order valence-corrected chi connectivity index (χ3v) is 2.30. The van der Waals surface area contributed by atoms with Crippen LogP contribution in [0.3, 0.4) is 0 Å². The van der Waals surface area contributed by atoms with Crippen LogP contribution in [0.25, 0.3) is 0 Å². The lowest BCUT2D eigenvalue weighted by Crippen LogP contribution is -2.20. The zero-order valence-corrected chi connectivity index (χ0v) is 10.7. The van der Waals surface area contributed by atoms with Gasteiger partial charge in [0.25, 0.3) is 0 Å². The molecular formula is C10H16BrN3O. The Morgan fingerprint density at radius 1 is 1.40 bits per heavy atom. The van der Waals surface area contributed by atoms with E-state index in [1.165, 1.54) is 0 Å². The summed E-state index contributed by atoms with van der Waals surface area (Å²) in [4.78, 5) is 8.63. The Bertz CT molecular complexity index is 330. The van der Waals surface area contributed by atoms with E-state index in [1.807, 2.05) is 20.8 Å². The van der Waals surface area contributed by atoms with Gasteiger partial charge in [0.15, 0.2) is 0 Å². The highest BCUT2D eigenvalue weighted by molar-refractivity contribution is 9.10. The Morgan fingerprint density at radius 2 is 2.07 bits per heavy atom. The number of aromatic nitrogens is 2. The van der Waals surface area contributed by atoms with Crippen molar-refractivity contribution < 1.29 is 5.11 Å². The summed E-state index contributed by atoms with van der Waals surface area (Å²) in [7, 11) is 0. The van der Waals surface area contributed by atoms with Gasteiger partial charge in [-0.3, -0.25) is 0 Å². The van der Waals surface area contributed by atoms with Gasteiger partial charge in [0.2, 0.25) is 0 Å². The minimum atomic E-state index is -0.00758. The average molecular weight is 274 g/mol. The molecule has 0 aliphatic heterocycles. The van der Waals surface area contributed by atoms with E-state index in [2.05, 4.69) is 31.2 Å². The third kappa shape index (κ3) is 3.76. The van der Waals surface area contributed by atoms with Crippen LogP contribution in [0.4, 0.5) is 5.82 Å². The van der Waals surface area contributed by atoms with Gasteiger partial charge < -0.3 is 10.4 Å². The summed E-state index contributed by atoms with van der Waals surface area (Å²) >= 11 is 3.34. The Kier molecular flexibility index (Phi) is 4.47. The van der Waals surface area contributed by atoms with Crippen molar-refractivity contribution in [1.29, 1.82) is 0 Å². The number of aliphatic hydroxyl groups is 1. The molecular weight excluding hydrogens is 258 g/mol. The molecule has 0 bridgehead atoms. The Hall–Kier alpha value is -0.680. The molecule has 1 atom stereocenters. The molecule has 2 N–H and O–H groups in total. The van der Waals surface area contributed by atoms with Crippen LogP contribution in [-0.4, -0.2) is 27.7 Å². The van der Waals surface area contributed by atoms with Crippen molar-refractivity contribution in [2.45, 2.75) is 32.7 Å². The number of hydrogen-bond acceptors (Lipinski definition) is 4. The van der Waals surface area contributed by atoms with Gasteiger partial charge in [-0.15, -0.1) is 0 Å². The molecule has 0 spiro atoms. The van der Waals surface area contributed by atoms with Crippen LogP contribution < -0.4 is 5.32 Å². The smallest absolute Gasteiger partial charge is 0.134 e. The van der Waals surface area contributed by atoms with Gasteiger partial charge in [0.1, 0.15) is 16.2 Å². The number of anilines is 1. The monoisotopic (exact) mass is 273 g/mol. The quantitative estimate of drug-likeness (QED) is 0.826. The van der Waals surface area contributed by atoms with E-state index < -0.39 is 0 Å². The van der Waals surface area contributed by atoms with Crippen LogP contribution in [-0.2, 0) is 0 Å². The molecule has 1 unspecified atom stereocenters. The molecule has 0 saturated carbocycles. The number of nitrogens with zero attached hydrogens (tertiary/aromatic N) is 2. The first-order valence-electron chi connectivity index (χ1n) is 4.94. The summed E-state index contributed by atoms with van der Waals surface area (Å²) < 4.78 is 0.758. The van der Waals surface area contributed by atoms with Gasteiger partial charge in [-0.1, -0.05) is 13.8 Å². The summed E-state index contributed by atoms with van der Waals surface area (Å²) in [5.41, 5.74) is 0. The molecule has 1 aromatic heterocycles. The van der Waals surface area contributed by atoms with Crippen LogP contribution in [0.5, 0.6) is 0 Å². The fraction of sp³-hybridized carbons (Fsp3) is 0.600. The molecule has 1 heterocycles. The van der Waals surface area contributed by atoms with Crippen LogP contribution >= 0.6 is 15.9 Å². The Morgan fingerprint density at radius 3 is 2.60 bits per heavy atom. The summed E-state index contributed by atoms with van der Waals surface area (Å²) in [6.45, 7) is 6.06. The first-order chi connectivity index (χ1) is 7.02. The topological polar surface area (TPSA) is 58.0 Å². The predicted molar refractivity (Wildman–Crippen MR) is 64.0 cm³/mol. The van der Waals surface area contributed by atoms with Crippen molar-refractivity contribution in [2.75, 3.05) is 11.9 Å². The largest absolute Gasteiger partial charge is 0.394 e. The Balaban J connectivity index is 2.88. The zero-order chi connectivity index (χ0) is 11.4. The summed E-state index contributed by atoms with van der Waals surface area (Å²) in [6.07, 6.45) is 0. The molecule has 0 aliphatic rings. The van der Waals surface area contributed by atoms with E-state index in [0.29, 0.717) is 0 Å². The van der Waals surface area contributed by atoms with E-state index in [4.69, 9.17) is 5.11 Å². The third-order valence-electron chi connectivity index (χ3n) is 1.90. The molecule has 0 fully saturated rings. The van der Waals surface area contributed by atoms with Gasteiger partial charge >= 0.3 is 0 Å². The second kappa shape index (κ2) is 5.42. The molecule has 0 radical (unpaired) electrons. The molecule has 0 aliphatic carbocycles. The van der Waals surface area contributed by atoms with Crippen LogP contribution in [0, 0.1) is 0 Å². The van der Waals surface area contributed by atoms with Gasteiger partial charge in [0.05, 0.1) is 6.61 Å². The lowest BCUT2D eigenvalue weighted by Gasteiger charge is -2.13. The fourth-order valence-electron chi connectivity index (χ4n) is 1.07. The SMILES string of the molecule is CC(CO)Nc1cc(Br)nc(C(C)C)n1. The van der Waals surface area contributed by atoms with Crippen molar-refractivity contribution in [1.82, 2.24) is 9.97 Å². The average Bonchev–Trinajstić information content (AvgIpc) is 2.16. The lowest BCUT2D eigenvalue weighted by molar-refractivity contribution is 0.281. The van der Waals surface area contributed by atoms with Crippen molar-refractivity contribution in [3.8, 4) is 0 Å². The normalized spacial score (nSPS) is 12.9. The van der Waals surface area contributed by atoms with Crippen molar-refractivity contribution in [3.05, 3.63) is 16.5 Å². The molecule has 84 valence electrons. The highest BCUT2D eigenvalue weighted by atomic mass is 79.9. The molecule has 0 amide bonds. The lowest BCUT2D eigenvalue weighted by atomic mass is 10.2. The van der Waals surface area contributed by atoms with Crippen molar-refractivity contribution >= 4 is 21.7 Å². The van der Waals surface area contributed by atoms with E-state index in [9.17, 15) is 0 Å². The van der Waals surface area contributed by atoms with Crippen LogP contribution in [0.1, 0.15) is 32.5 Å². The minimum Gasteiger partial charge on any atom is -0.394 e. The summed E-state index contributed by atoms with van der Waals surface area (Å²) in [6, 6.07) is 1.80. The highest BCUT2D eigenvalue weighted by Gasteiger charge is 2.08. The second-order valence-corrected chi connectivity index (χ2v) is 4.63. The maximum Gasteiger partial charge on any atom is 0.134 e. The number of aliphatic hydroxyl groups excluding tert-OH is 1. The maximum atomic E-state index is 8.93. The molecule has 1 rings (SSSR count). The number of nitrogens with one attached hydrogen (secondary N) is 1. The minimum absolute atomic E-state index is 0.00758. The molecule has 4 nitrogen and oxygen atoms in total. The maximum absolute atomic E-state index is 8.93. The molecule has 0 saturated heterocycles. The van der Waals surface area contributed by atoms with Crippen molar-refractivity contribution in [3.63, 3.8) is 0 Å². The van der Waals surface area contributed by atoms with E-state index in [-0.39, 0.29) is 18.6 Å². The standard InChI is InChI=1S/C10H16BrN3O/c1-6(2)10-13-8(11)4-9(14-10)12-7(3)5-15/h4,6-7,15H,5H2,1-3H3,(H,12,13,14). The van der Waals surface area contributed by atoms with Gasteiger partial charge in [0, 0.05) is 18.0 Å². The number of halogens is 1. The van der Waals surface area contributed by atoms with Gasteiger partial charge in [-0.05, 0) is 22.9 Å². The summed E-state index contributed by atoms with van der Waals surface area (Å²) in [5, 5.41) is 12.0. The van der Waals surface area contributed by atoms with E-state index in [1.54, 1.807) is 6.07 Å². The zero-order valence-electron chi connectivity index (χ0n) is 9.16. The van der Waals surface area contributed by atoms with E-state index in [0.717, 1.165) is 16.2 Å². The molecule has 1 aromatic rings. The first-order valence-corrected chi connectivity index (χ1v) is 5.74. The first kappa shape index (κ1) is 12.4. The second-order valence-electron chi connectivity index (χ2n) is 3.82. The number of hydrogen-bond donors (Lipinski definition) is 2. The fourth-order valence-corrected chi connectivity index (χ4v) is 1.46. The van der Waals surface area contributed by atoms with Crippen molar-refractivity contribution in [2.24, 2.45) is 0 Å². The van der Waals surface area contributed by atoms with Gasteiger partial charge in [-0.2, -0.15) is 0 Å².